The molecule has 0 spiro atoms. The molecule has 18 atom stereocenters. The number of nitrogens with zero attached hydrogens (tertiary/aromatic N) is 2. The monoisotopic (exact) mass is 1870 g/mol. The summed E-state index contributed by atoms with van der Waals surface area (Å²) in [5, 5.41) is 102. The SMILES string of the molecule is CC[C@H](C)[C@H](NC(=O)[C@H](CCC(=O)O)NC(=O)[C@H](CO)NC(=O)[C@@H](NC(=O)[C@H](CC(C)C)NC(=O)[C@H](CC(C)C)NC(=O)[C@H](CC(C)C)NC(=O)[C@H](CC(C)C)NC(=O)[C@H](CS)NC(=O)[C@H](CO)NC(=O)[C@H](Cc1ccccc1)NC(=O)CNC(=O)[C@H](CCCN=C(N)N)NC(=O)[C@@H]1CCCN1)[C@@H](C)O)C(=O)N[C@@H](CC(=O)O)C(=O)N[C@@H](CC(C)C)C(=O)N1CCC[C@H]1C(=O)O. The minimum absolute atomic E-state index is 0.0208. The minimum atomic E-state index is -2.03. The topological polar surface area (TPSA) is 706 Å². The molecule has 0 bridgehead atoms. The third kappa shape index (κ3) is 40.9. The van der Waals surface area contributed by atoms with Crippen LogP contribution in [0.15, 0.2) is 35.3 Å². The molecule has 2 aliphatic rings. The van der Waals surface area contributed by atoms with Crippen molar-refractivity contribution in [3.8, 4) is 0 Å². The Morgan fingerprint density at radius 3 is 1.33 bits per heavy atom. The summed E-state index contributed by atoms with van der Waals surface area (Å²) in [7, 11) is 0. The number of carbonyl (C=O) groups is 19. The maximum atomic E-state index is 14.6. The summed E-state index contributed by atoms with van der Waals surface area (Å²) < 4.78 is 0. The molecule has 2 aliphatic heterocycles. The molecule has 3 rings (SSSR count). The number of benzene rings is 1. The first kappa shape index (κ1) is 114. The largest absolute Gasteiger partial charge is 0.481 e. The van der Waals surface area contributed by atoms with Gasteiger partial charge in [0.1, 0.15) is 90.6 Å². The molecule has 0 aliphatic carbocycles. The lowest BCUT2D eigenvalue weighted by atomic mass is 9.96. The van der Waals surface area contributed by atoms with Gasteiger partial charge in [-0.3, -0.25) is 91.3 Å². The number of nitrogens with one attached hydrogen (secondary N) is 16. The molecule has 1 aromatic carbocycles. The predicted octanol–water partition coefficient (Wildman–Crippen LogP) is -5.07. The Hall–Kier alpha value is -11.4. The average molecular weight is 1870 g/mol. The van der Waals surface area contributed by atoms with E-state index in [1.54, 1.807) is 106 Å². The highest BCUT2D eigenvalue weighted by Crippen LogP contribution is 2.23. The van der Waals surface area contributed by atoms with E-state index in [0.29, 0.717) is 24.9 Å². The van der Waals surface area contributed by atoms with Crippen molar-refractivity contribution in [1.82, 2.24) is 90.0 Å². The van der Waals surface area contributed by atoms with Gasteiger partial charge in [0.25, 0.3) is 0 Å². The van der Waals surface area contributed by atoms with Crippen molar-refractivity contribution in [2.45, 2.75) is 296 Å². The van der Waals surface area contributed by atoms with Crippen LogP contribution in [0.2, 0.25) is 0 Å². The summed E-state index contributed by atoms with van der Waals surface area (Å²) in [6, 6.07) is -15.9. The van der Waals surface area contributed by atoms with Crippen molar-refractivity contribution >= 4 is 131 Å². The van der Waals surface area contributed by atoms with E-state index in [4.69, 9.17) is 11.5 Å². The van der Waals surface area contributed by atoms with Gasteiger partial charge >= 0.3 is 17.9 Å². The van der Waals surface area contributed by atoms with Crippen LogP contribution in [0.3, 0.4) is 0 Å². The number of thiol groups is 1. The van der Waals surface area contributed by atoms with Crippen molar-refractivity contribution in [1.29, 1.82) is 0 Å². The van der Waals surface area contributed by atoms with Crippen LogP contribution in [-0.2, 0) is 97.5 Å². The zero-order valence-corrected chi connectivity index (χ0v) is 77.8. The van der Waals surface area contributed by atoms with E-state index in [9.17, 15) is 122 Å². The van der Waals surface area contributed by atoms with Crippen LogP contribution >= 0.6 is 12.6 Å². The molecule has 2 saturated heterocycles. The van der Waals surface area contributed by atoms with Gasteiger partial charge in [-0.15, -0.1) is 0 Å². The molecule has 0 saturated carbocycles. The molecule has 1 aromatic rings. The summed E-state index contributed by atoms with van der Waals surface area (Å²) in [6.45, 7) is 19.2. The molecule has 45 nitrogen and oxygen atoms in total. The number of guanidine groups is 1. The second kappa shape index (κ2) is 57.7. The number of rotatable bonds is 59. The maximum absolute atomic E-state index is 14.6. The third-order valence-corrected chi connectivity index (χ3v) is 21.8. The van der Waals surface area contributed by atoms with E-state index in [1.165, 1.54) is 6.92 Å². The Bertz CT molecular complexity index is 4060. The number of aliphatic hydroxyl groups is 3. The number of hydrogen-bond acceptors (Lipinski definition) is 25. The fourth-order valence-electron chi connectivity index (χ4n) is 14.4. The van der Waals surface area contributed by atoms with Crippen molar-refractivity contribution in [3.63, 3.8) is 0 Å². The van der Waals surface area contributed by atoms with Crippen LogP contribution in [0.4, 0.5) is 0 Å². The molecular weight excluding hydrogens is 1730 g/mol. The van der Waals surface area contributed by atoms with Gasteiger partial charge in [-0.25, -0.2) is 4.79 Å². The van der Waals surface area contributed by atoms with Gasteiger partial charge in [0.05, 0.1) is 38.3 Å². The number of aliphatic imine (C=N–C) groups is 1. The molecular formula is C85H140N20O25S. The first-order valence-electron chi connectivity index (χ1n) is 44.4. The average Bonchev–Trinajstić information content (AvgIpc) is 1.42. The van der Waals surface area contributed by atoms with Gasteiger partial charge < -0.3 is 132 Å². The maximum Gasteiger partial charge on any atom is 0.326 e. The van der Waals surface area contributed by atoms with E-state index in [0.717, 1.165) is 18.2 Å². The minimum Gasteiger partial charge on any atom is -0.481 e. The van der Waals surface area contributed by atoms with Crippen LogP contribution in [0.5, 0.6) is 0 Å². The van der Waals surface area contributed by atoms with Crippen molar-refractivity contribution in [2.24, 2.45) is 52.0 Å². The molecule has 2 heterocycles. The lowest BCUT2D eigenvalue weighted by Crippen LogP contribution is -2.63. The van der Waals surface area contributed by atoms with Crippen LogP contribution in [0, 0.1) is 35.5 Å². The Kier molecular flexibility index (Phi) is 50.1. The first-order chi connectivity index (χ1) is 61.5. The molecule has 46 heteroatoms. The molecule has 0 aromatic heterocycles. The summed E-state index contributed by atoms with van der Waals surface area (Å²) in [5.74, 6) is -23.2. The normalized spacial score (nSPS) is 17.3. The second-order valence-corrected chi connectivity index (χ2v) is 35.5. The van der Waals surface area contributed by atoms with Crippen molar-refractivity contribution in [2.75, 3.05) is 45.1 Å². The number of carbonyl (C=O) groups excluding carboxylic acids is 16. The Labute approximate surface area is 767 Å². The number of carboxylic acid groups (broad SMARTS) is 3. The van der Waals surface area contributed by atoms with Crippen LogP contribution < -0.4 is 96.5 Å². The Morgan fingerprint density at radius 2 is 0.878 bits per heavy atom. The highest BCUT2D eigenvalue weighted by molar-refractivity contribution is 7.80. The highest BCUT2D eigenvalue weighted by Gasteiger charge is 2.43. The summed E-state index contributed by atoms with van der Waals surface area (Å²) >= 11 is 4.29. The summed E-state index contributed by atoms with van der Waals surface area (Å²) in [6.07, 6.45) is -2.59. The summed E-state index contributed by atoms with van der Waals surface area (Å²) in [4.78, 5) is 266. The molecule has 0 radical (unpaired) electrons. The predicted molar refractivity (Wildman–Crippen MR) is 479 cm³/mol. The quantitative estimate of drug-likeness (QED) is 0.0126. The van der Waals surface area contributed by atoms with Gasteiger partial charge in [-0.1, -0.05) is 120 Å². The van der Waals surface area contributed by atoms with Crippen molar-refractivity contribution in [3.05, 3.63) is 35.9 Å². The standard InChI is InChI=1S/C85H140N20O25S/c1-14-47(12)67(81(126)98-58(37-66(112)113)76(121)99-59(35-46(10)11)83(128)105-30-20-25-63(105)84(129)130)103-71(116)52(26-27-65(110)111)93-78(123)61(40-107)101-82(127)68(48(13)108)104-77(122)56(34-45(8)9)96-73(118)54(32-43(4)5)94-72(117)53(31-42(2)3)95-74(119)55(33-44(6)7)97-80(125)62(41-131)102-79(124)60(39-106)100-75(120)57(36-49-21-16-15-17-22-49)91-64(109)38-90-69(114)51(24-19-29-89-85(86)87)92-70(115)50-23-18-28-88-50/h15-17,21-22,42-48,50-63,67-68,88,106-108,131H,14,18-20,23-41H2,1-13H3,(H,90,114)(H,91,109)(H,92,115)(H,93,123)(H,94,117)(H,95,119)(H,96,118)(H,97,125)(H,98,126)(H,99,121)(H,100,120)(H,101,127)(H,102,124)(H,103,116)(H,104,122)(H,110,111)(H,112,113)(H,129,130)(H4,86,87,89)/t47-,48+,50-,51-,52-,53-,54-,55-,56-,57-,58-,59-,60-,61-,62-,63-,67-,68-/m0/s1. The molecule has 16 amide bonds. The smallest absolute Gasteiger partial charge is 0.326 e. The second-order valence-electron chi connectivity index (χ2n) is 35.2. The first-order valence-corrected chi connectivity index (χ1v) is 45.0. The molecule has 736 valence electrons. The number of aliphatic hydroxyl groups excluding tert-OH is 3. The number of aliphatic carboxylic acids is 3. The van der Waals surface area contributed by atoms with Gasteiger partial charge in [-0.05, 0) is 132 Å². The number of hydrogen-bond donors (Lipinski definition) is 25. The van der Waals surface area contributed by atoms with Crippen LogP contribution in [0.25, 0.3) is 0 Å². The van der Waals surface area contributed by atoms with Gasteiger partial charge in [0.15, 0.2) is 5.96 Å². The van der Waals surface area contributed by atoms with Gasteiger partial charge in [-0.2, -0.15) is 12.6 Å². The lowest BCUT2D eigenvalue weighted by Gasteiger charge is -2.31. The zero-order chi connectivity index (χ0) is 98.8. The summed E-state index contributed by atoms with van der Waals surface area (Å²) in [5.41, 5.74) is 11.5. The lowest BCUT2D eigenvalue weighted by molar-refractivity contribution is -0.150. The van der Waals surface area contributed by atoms with Crippen LogP contribution in [-0.4, -0.2) is 302 Å². The Balaban J connectivity index is 1.83. The van der Waals surface area contributed by atoms with Crippen molar-refractivity contribution < 1.29 is 122 Å². The van der Waals surface area contributed by atoms with E-state index < -0.39 is 272 Å². The molecule has 26 N–H and O–H groups in total. The number of amides is 16. The van der Waals surface area contributed by atoms with E-state index in [2.05, 4.69) is 103 Å². The fraction of sp³-hybridized carbons (Fsp3) is 0.694. The third-order valence-electron chi connectivity index (χ3n) is 21.4. The number of likely N-dealkylation sites (tertiary alicyclic amines) is 1. The zero-order valence-electron chi connectivity index (χ0n) is 76.9. The van der Waals surface area contributed by atoms with E-state index in [1.807, 2.05) is 0 Å². The van der Waals surface area contributed by atoms with Crippen LogP contribution in [0.1, 0.15) is 192 Å². The highest BCUT2D eigenvalue weighted by atomic mass is 32.1. The number of carboxylic acids is 3. The Morgan fingerprint density at radius 1 is 0.466 bits per heavy atom. The van der Waals surface area contributed by atoms with Gasteiger partial charge in [0.2, 0.25) is 94.5 Å². The molecule has 131 heavy (non-hydrogen) atoms. The molecule has 0 unspecified atom stereocenters. The van der Waals surface area contributed by atoms with E-state index >= 15 is 0 Å². The van der Waals surface area contributed by atoms with E-state index in [-0.39, 0.29) is 107 Å². The molecule has 2 fully saturated rings. The fourth-order valence-corrected chi connectivity index (χ4v) is 14.6. The number of nitrogens with two attached hydrogens (primary N) is 2. The van der Waals surface area contributed by atoms with Gasteiger partial charge in [0, 0.05) is 31.7 Å².